The molecule has 0 bridgehead atoms. The number of aliphatic hydroxyl groups is 4. The van der Waals surface area contributed by atoms with Crippen molar-refractivity contribution in [3.8, 4) is 0 Å². The van der Waals surface area contributed by atoms with Crippen LogP contribution in [-0.4, -0.2) is 57.7 Å². The third-order valence-electron chi connectivity index (χ3n) is 3.53. The highest BCUT2D eigenvalue weighted by molar-refractivity contribution is 5.18. The van der Waals surface area contributed by atoms with Crippen LogP contribution in [0.15, 0.2) is 24.3 Å². The predicted octanol–water partition coefficient (Wildman–Crippen LogP) is -0.297. The Balaban J connectivity index is 2.05. The van der Waals surface area contributed by atoms with Crippen LogP contribution in [0.3, 0.4) is 0 Å². The lowest BCUT2D eigenvalue weighted by Crippen LogP contribution is -2.59. The number of benzene rings is 1. The average Bonchev–Trinajstić information content (AvgIpc) is 2.48. The molecule has 1 aliphatic rings. The summed E-state index contributed by atoms with van der Waals surface area (Å²) in [6.45, 7) is 1.16. The van der Waals surface area contributed by atoms with Gasteiger partial charge < -0.3 is 29.9 Å². The zero-order valence-electron chi connectivity index (χ0n) is 11.5. The number of aliphatic hydroxyl groups excluding tert-OH is 4. The van der Waals surface area contributed by atoms with Crippen molar-refractivity contribution in [2.75, 3.05) is 6.61 Å². The predicted molar refractivity (Wildman–Crippen MR) is 69.7 cm³/mol. The van der Waals surface area contributed by atoms with Gasteiger partial charge in [0.05, 0.1) is 12.7 Å². The molecule has 118 valence electrons. The highest BCUT2D eigenvalue weighted by Crippen LogP contribution is 2.27. The third-order valence-corrected chi connectivity index (χ3v) is 3.53. The molecule has 1 aliphatic heterocycles. The highest BCUT2D eigenvalue weighted by Gasteiger charge is 2.44. The fourth-order valence-electron chi connectivity index (χ4n) is 2.19. The van der Waals surface area contributed by atoms with E-state index in [0.717, 1.165) is 0 Å². The van der Waals surface area contributed by atoms with Gasteiger partial charge in [-0.3, -0.25) is 0 Å². The van der Waals surface area contributed by atoms with Crippen molar-refractivity contribution in [3.63, 3.8) is 0 Å². The van der Waals surface area contributed by atoms with Gasteiger partial charge in [-0.25, -0.2) is 4.39 Å². The molecule has 1 aromatic carbocycles. The van der Waals surface area contributed by atoms with Crippen molar-refractivity contribution in [2.24, 2.45) is 0 Å². The number of hydrogen-bond acceptors (Lipinski definition) is 6. The fraction of sp³-hybridized carbons (Fsp3) is 0.571. The average molecular weight is 302 g/mol. The lowest BCUT2D eigenvalue weighted by Gasteiger charge is -2.40. The minimum absolute atomic E-state index is 0.376. The lowest BCUT2D eigenvalue weighted by molar-refractivity contribution is -0.311. The molecule has 0 aromatic heterocycles. The van der Waals surface area contributed by atoms with Crippen molar-refractivity contribution < 1.29 is 34.3 Å². The van der Waals surface area contributed by atoms with Crippen LogP contribution in [0.25, 0.3) is 0 Å². The molecule has 1 heterocycles. The molecule has 0 radical (unpaired) electrons. The van der Waals surface area contributed by atoms with Crippen LogP contribution in [0, 0.1) is 5.82 Å². The maximum Gasteiger partial charge on any atom is 0.187 e. The summed E-state index contributed by atoms with van der Waals surface area (Å²) in [6.07, 6.45) is -7.13. The lowest BCUT2D eigenvalue weighted by atomic mass is 9.99. The van der Waals surface area contributed by atoms with E-state index in [1.807, 2.05) is 0 Å². The maximum atomic E-state index is 12.9. The van der Waals surface area contributed by atoms with Gasteiger partial charge in [-0.1, -0.05) is 12.1 Å². The first-order valence-corrected chi connectivity index (χ1v) is 6.65. The van der Waals surface area contributed by atoms with Crippen LogP contribution in [0.4, 0.5) is 4.39 Å². The fourth-order valence-corrected chi connectivity index (χ4v) is 2.19. The smallest absolute Gasteiger partial charge is 0.187 e. The van der Waals surface area contributed by atoms with Crippen LogP contribution < -0.4 is 0 Å². The molecule has 1 unspecified atom stereocenters. The number of hydrogen-bond donors (Lipinski definition) is 4. The van der Waals surface area contributed by atoms with Crippen LogP contribution in [-0.2, 0) is 9.47 Å². The minimum atomic E-state index is -1.48. The molecule has 0 amide bonds. The topological polar surface area (TPSA) is 99.4 Å². The van der Waals surface area contributed by atoms with Gasteiger partial charge in [-0.15, -0.1) is 0 Å². The van der Waals surface area contributed by atoms with Gasteiger partial charge in [0.2, 0.25) is 0 Å². The van der Waals surface area contributed by atoms with Crippen LogP contribution in [0.5, 0.6) is 0 Å². The summed E-state index contributed by atoms with van der Waals surface area (Å²) in [7, 11) is 0. The van der Waals surface area contributed by atoms with Gasteiger partial charge in [0.15, 0.2) is 6.29 Å². The molecule has 2 rings (SSSR count). The summed E-state index contributed by atoms with van der Waals surface area (Å²) in [4.78, 5) is 0. The summed E-state index contributed by atoms with van der Waals surface area (Å²) in [5, 5.41) is 38.3. The number of ether oxygens (including phenoxy) is 2. The first-order chi connectivity index (χ1) is 9.93. The summed E-state index contributed by atoms with van der Waals surface area (Å²) in [5.41, 5.74) is 0.661. The Kier molecular flexibility index (Phi) is 5.26. The van der Waals surface area contributed by atoms with Gasteiger partial charge >= 0.3 is 0 Å². The standard InChI is InChI=1S/C14H19FO6/c1-7(8-2-4-9(15)5-3-8)20-14-13(19)12(18)11(17)10(6-16)21-14/h2-5,7,10-14,16-19H,6H2,1H3/t7?,10-,11-,12+,13-,14-/m1/s1. The second-order valence-electron chi connectivity index (χ2n) is 5.03. The molecular weight excluding hydrogens is 283 g/mol. The highest BCUT2D eigenvalue weighted by atomic mass is 19.1. The number of rotatable bonds is 4. The zero-order chi connectivity index (χ0) is 15.6. The second kappa shape index (κ2) is 6.78. The summed E-state index contributed by atoms with van der Waals surface area (Å²) >= 11 is 0. The van der Waals surface area contributed by atoms with E-state index in [0.29, 0.717) is 5.56 Å². The Hall–Kier alpha value is -1.09. The molecule has 6 nitrogen and oxygen atoms in total. The van der Waals surface area contributed by atoms with Crippen LogP contribution in [0.2, 0.25) is 0 Å². The van der Waals surface area contributed by atoms with E-state index >= 15 is 0 Å². The Morgan fingerprint density at radius 1 is 1.14 bits per heavy atom. The van der Waals surface area contributed by atoms with Gasteiger partial charge in [-0.2, -0.15) is 0 Å². The molecule has 1 saturated heterocycles. The first-order valence-electron chi connectivity index (χ1n) is 6.65. The summed E-state index contributed by atoms with van der Waals surface area (Å²) in [5.74, 6) is -0.376. The maximum absolute atomic E-state index is 12.9. The molecule has 7 heteroatoms. The van der Waals surface area contributed by atoms with E-state index in [1.54, 1.807) is 6.92 Å². The van der Waals surface area contributed by atoms with Gasteiger partial charge in [0.1, 0.15) is 30.2 Å². The van der Waals surface area contributed by atoms with Crippen molar-refractivity contribution in [2.45, 2.75) is 43.7 Å². The van der Waals surface area contributed by atoms with Crippen molar-refractivity contribution in [1.29, 1.82) is 0 Å². The van der Waals surface area contributed by atoms with Crippen LogP contribution >= 0.6 is 0 Å². The van der Waals surface area contributed by atoms with E-state index in [-0.39, 0.29) is 5.82 Å². The molecular formula is C14H19FO6. The first kappa shape index (κ1) is 16.3. The van der Waals surface area contributed by atoms with E-state index < -0.39 is 43.4 Å². The van der Waals surface area contributed by atoms with E-state index in [1.165, 1.54) is 24.3 Å². The van der Waals surface area contributed by atoms with Crippen molar-refractivity contribution >= 4 is 0 Å². The molecule has 0 aliphatic carbocycles. The summed E-state index contributed by atoms with van der Waals surface area (Å²) in [6, 6.07) is 5.62. The Labute approximate surface area is 121 Å². The SMILES string of the molecule is CC(O[C@@H]1O[C@H](CO)[C@@H](O)[C@H](O)[C@H]1O)c1ccc(F)cc1. The van der Waals surface area contributed by atoms with Crippen LogP contribution in [0.1, 0.15) is 18.6 Å². The van der Waals surface area contributed by atoms with E-state index in [4.69, 9.17) is 14.6 Å². The molecule has 4 N–H and O–H groups in total. The molecule has 1 aromatic rings. The Morgan fingerprint density at radius 3 is 2.33 bits per heavy atom. The molecule has 1 fully saturated rings. The molecule has 21 heavy (non-hydrogen) atoms. The summed E-state index contributed by atoms with van der Waals surface area (Å²) < 4.78 is 23.6. The number of halogens is 1. The monoisotopic (exact) mass is 302 g/mol. The van der Waals surface area contributed by atoms with Gasteiger partial charge in [0.25, 0.3) is 0 Å². The largest absolute Gasteiger partial charge is 0.394 e. The molecule has 0 spiro atoms. The normalized spacial score (nSPS) is 34.7. The van der Waals surface area contributed by atoms with E-state index in [9.17, 15) is 19.7 Å². The third kappa shape index (κ3) is 3.57. The van der Waals surface area contributed by atoms with E-state index in [2.05, 4.69) is 0 Å². The van der Waals surface area contributed by atoms with Crippen molar-refractivity contribution in [3.05, 3.63) is 35.6 Å². The van der Waals surface area contributed by atoms with Crippen molar-refractivity contribution in [1.82, 2.24) is 0 Å². The minimum Gasteiger partial charge on any atom is -0.394 e. The molecule has 6 atom stereocenters. The van der Waals surface area contributed by atoms with Gasteiger partial charge in [-0.05, 0) is 24.6 Å². The second-order valence-corrected chi connectivity index (χ2v) is 5.03. The Bertz CT molecular complexity index is 451. The zero-order valence-corrected chi connectivity index (χ0v) is 11.5. The quantitative estimate of drug-likeness (QED) is 0.610. The van der Waals surface area contributed by atoms with Gasteiger partial charge in [0, 0.05) is 0 Å². The Morgan fingerprint density at radius 2 is 1.76 bits per heavy atom. The molecule has 0 saturated carbocycles.